The van der Waals surface area contributed by atoms with Crippen molar-refractivity contribution in [3.05, 3.63) is 0 Å². The summed E-state index contributed by atoms with van der Waals surface area (Å²) in [7, 11) is 0. The SMILES string of the molecule is O=C(N[C@@H](CCO)C(=O)O)C1COCCN1. The largest absolute Gasteiger partial charge is 0.480 e. The maximum Gasteiger partial charge on any atom is 0.326 e. The first-order chi connectivity index (χ1) is 7.65. The van der Waals surface area contributed by atoms with Crippen molar-refractivity contribution in [2.24, 2.45) is 0 Å². The quantitative estimate of drug-likeness (QED) is 0.433. The molecule has 2 atom stereocenters. The highest BCUT2D eigenvalue weighted by Gasteiger charge is 2.26. The molecule has 7 heteroatoms. The van der Waals surface area contributed by atoms with E-state index in [0.717, 1.165) is 0 Å². The van der Waals surface area contributed by atoms with Gasteiger partial charge in [-0.3, -0.25) is 4.79 Å². The number of carboxylic acids is 1. The zero-order valence-electron chi connectivity index (χ0n) is 8.81. The summed E-state index contributed by atoms with van der Waals surface area (Å²) in [4.78, 5) is 22.3. The second-order valence-electron chi connectivity index (χ2n) is 3.49. The van der Waals surface area contributed by atoms with Gasteiger partial charge in [0.25, 0.3) is 0 Å². The highest BCUT2D eigenvalue weighted by Crippen LogP contribution is 1.97. The van der Waals surface area contributed by atoms with Gasteiger partial charge in [-0.1, -0.05) is 0 Å². The first-order valence-electron chi connectivity index (χ1n) is 5.10. The van der Waals surface area contributed by atoms with Gasteiger partial charge in [-0.15, -0.1) is 0 Å². The topological polar surface area (TPSA) is 108 Å². The van der Waals surface area contributed by atoms with Crippen molar-refractivity contribution in [2.45, 2.75) is 18.5 Å². The zero-order chi connectivity index (χ0) is 12.0. The number of ether oxygens (including phenoxy) is 1. The smallest absolute Gasteiger partial charge is 0.326 e. The second kappa shape index (κ2) is 6.41. The monoisotopic (exact) mass is 232 g/mol. The van der Waals surface area contributed by atoms with Gasteiger partial charge in [0.05, 0.1) is 13.2 Å². The van der Waals surface area contributed by atoms with E-state index in [1.165, 1.54) is 0 Å². The summed E-state index contributed by atoms with van der Waals surface area (Å²) in [6.45, 7) is 1.06. The molecule has 0 spiro atoms. The number of hydrogen-bond donors (Lipinski definition) is 4. The molecule has 0 aliphatic carbocycles. The number of morpholine rings is 1. The van der Waals surface area contributed by atoms with Crippen molar-refractivity contribution < 1.29 is 24.5 Å². The van der Waals surface area contributed by atoms with Gasteiger partial charge in [0.15, 0.2) is 0 Å². The minimum absolute atomic E-state index is 0.00531. The Balaban J connectivity index is 2.43. The molecule has 0 saturated carbocycles. The van der Waals surface area contributed by atoms with E-state index >= 15 is 0 Å². The van der Waals surface area contributed by atoms with Crippen molar-refractivity contribution in [2.75, 3.05) is 26.4 Å². The lowest BCUT2D eigenvalue weighted by Crippen LogP contribution is -2.54. The maximum absolute atomic E-state index is 11.6. The van der Waals surface area contributed by atoms with Crippen molar-refractivity contribution in [1.82, 2.24) is 10.6 Å². The predicted molar refractivity (Wildman–Crippen MR) is 53.9 cm³/mol. The van der Waals surface area contributed by atoms with Crippen LogP contribution in [0.25, 0.3) is 0 Å². The van der Waals surface area contributed by atoms with Crippen molar-refractivity contribution in [3.63, 3.8) is 0 Å². The molecule has 0 aromatic rings. The molecule has 0 radical (unpaired) electrons. The van der Waals surface area contributed by atoms with Gasteiger partial charge in [-0.2, -0.15) is 0 Å². The number of aliphatic hydroxyl groups excluding tert-OH is 1. The second-order valence-corrected chi connectivity index (χ2v) is 3.49. The third kappa shape index (κ3) is 3.76. The Morgan fingerprint density at radius 3 is 2.81 bits per heavy atom. The Morgan fingerprint density at radius 2 is 2.31 bits per heavy atom. The van der Waals surface area contributed by atoms with Crippen LogP contribution in [-0.2, 0) is 14.3 Å². The Labute approximate surface area is 92.8 Å². The molecule has 7 nitrogen and oxygen atoms in total. The summed E-state index contributed by atoms with van der Waals surface area (Å²) in [6, 6.07) is -1.57. The van der Waals surface area contributed by atoms with E-state index in [1.807, 2.05) is 0 Å². The average Bonchev–Trinajstić information content (AvgIpc) is 2.29. The van der Waals surface area contributed by atoms with Crippen molar-refractivity contribution in [3.8, 4) is 0 Å². The minimum atomic E-state index is -1.15. The fraction of sp³-hybridized carbons (Fsp3) is 0.778. The molecule has 4 N–H and O–H groups in total. The van der Waals surface area contributed by atoms with Crippen molar-refractivity contribution in [1.29, 1.82) is 0 Å². The van der Waals surface area contributed by atoms with Gasteiger partial charge in [0, 0.05) is 19.6 Å². The summed E-state index contributed by atoms with van der Waals surface area (Å²) in [5.41, 5.74) is 0. The number of aliphatic hydroxyl groups is 1. The summed E-state index contributed by atoms with van der Waals surface area (Å²) in [5, 5.41) is 22.7. The molecule has 1 aliphatic heterocycles. The van der Waals surface area contributed by atoms with Gasteiger partial charge in [-0.25, -0.2) is 4.79 Å². The summed E-state index contributed by atoms with van der Waals surface area (Å²) >= 11 is 0. The fourth-order valence-electron chi connectivity index (χ4n) is 1.39. The predicted octanol–water partition coefficient (Wildman–Crippen LogP) is -2.07. The Bertz CT molecular complexity index is 252. The summed E-state index contributed by atoms with van der Waals surface area (Å²) < 4.78 is 5.09. The van der Waals surface area contributed by atoms with Crippen LogP contribution in [0.2, 0.25) is 0 Å². The van der Waals surface area contributed by atoms with Gasteiger partial charge in [-0.05, 0) is 0 Å². The molecule has 1 fully saturated rings. The number of hydrogen-bond acceptors (Lipinski definition) is 5. The number of aliphatic carboxylic acids is 1. The van der Waals surface area contributed by atoms with Gasteiger partial charge in [0.1, 0.15) is 12.1 Å². The molecule has 92 valence electrons. The van der Waals surface area contributed by atoms with Crippen LogP contribution >= 0.6 is 0 Å². The molecule has 0 aromatic carbocycles. The lowest BCUT2D eigenvalue weighted by Gasteiger charge is -2.24. The number of carbonyl (C=O) groups excluding carboxylic acids is 1. The van der Waals surface area contributed by atoms with Crippen LogP contribution in [0.3, 0.4) is 0 Å². The lowest BCUT2D eigenvalue weighted by atomic mass is 10.2. The van der Waals surface area contributed by atoms with E-state index in [1.54, 1.807) is 0 Å². The molecule has 1 heterocycles. The van der Waals surface area contributed by atoms with Gasteiger partial charge in [0.2, 0.25) is 5.91 Å². The normalized spacial score (nSPS) is 22.4. The molecule has 1 unspecified atom stereocenters. The van der Waals surface area contributed by atoms with Crippen LogP contribution in [0.4, 0.5) is 0 Å². The standard InChI is InChI=1S/C9H16N2O5/c12-3-1-6(9(14)15)11-8(13)7-5-16-4-2-10-7/h6-7,10,12H,1-5H2,(H,11,13)(H,14,15)/t6-,7?/m0/s1. The molecule has 0 aromatic heterocycles. The first-order valence-corrected chi connectivity index (χ1v) is 5.10. The molecule has 1 saturated heterocycles. The third-order valence-corrected chi connectivity index (χ3v) is 2.27. The van der Waals surface area contributed by atoms with Crippen LogP contribution in [0.5, 0.6) is 0 Å². The molecule has 1 aliphatic rings. The van der Waals surface area contributed by atoms with Crippen LogP contribution in [0.15, 0.2) is 0 Å². The summed E-state index contributed by atoms with van der Waals surface area (Å²) in [5.74, 6) is -1.57. The number of nitrogens with one attached hydrogen (secondary N) is 2. The average molecular weight is 232 g/mol. The van der Waals surface area contributed by atoms with Crippen LogP contribution < -0.4 is 10.6 Å². The van der Waals surface area contributed by atoms with Gasteiger partial charge < -0.3 is 25.6 Å². The fourth-order valence-corrected chi connectivity index (χ4v) is 1.39. The van der Waals surface area contributed by atoms with Crippen LogP contribution in [-0.4, -0.2) is 60.5 Å². The van der Waals surface area contributed by atoms with Crippen LogP contribution in [0.1, 0.15) is 6.42 Å². The van der Waals surface area contributed by atoms with Crippen LogP contribution in [0, 0.1) is 0 Å². The Morgan fingerprint density at radius 1 is 1.56 bits per heavy atom. The summed E-state index contributed by atoms with van der Waals surface area (Å²) in [6.07, 6.45) is -0.00531. The molecule has 1 amide bonds. The minimum Gasteiger partial charge on any atom is -0.480 e. The Hall–Kier alpha value is -1.18. The number of amides is 1. The molecular weight excluding hydrogens is 216 g/mol. The number of carbonyl (C=O) groups is 2. The van der Waals surface area contributed by atoms with E-state index in [2.05, 4.69) is 10.6 Å². The molecule has 0 bridgehead atoms. The number of carboxylic acid groups (broad SMARTS) is 1. The lowest BCUT2D eigenvalue weighted by molar-refractivity contribution is -0.143. The highest BCUT2D eigenvalue weighted by molar-refractivity contribution is 5.87. The molecule has 1 rings (SSSR count). The van der Waals surface area contributed by atoms with Crippen molar-refractivity contribution >= 4 is 11.9 Å². The number of rotatable bonds is 5. The van der Waals surface area contributed by atoms with E-state index in [4.69, 9.17) is 14.9 Å². The van der Waals surface area contributed by atoms with E-state index < -0.39 is 24.0 Å². The highest BCUT2D eigenvalue weighted by atomic mass is 16.5. The zero-order valence-corrected chi connectivity index (χ0v) is 8.81. The van der Waals surface area contributed by atoms with E-state index in [9.17, 15) is 9.59 Å². The molecular formula is C9H16N2O5. The van der Waals surface area contributed by atoms with E-state index in [0.29, 0.717) is 13.2 Å². The van der Waals surface area contributed by atoms with Gasteiger partial charge >= 0.3 is 5.97 Å². The third-order valence-electron chi connectivity index (χ3n) is 2.27. The maximum atomic E-state index is 11.6. The first kappa shape index (κ1) is 12.9. The Kier molecular flexibility index (Phi) is 5.17. The molecule has 16 heavy (non-hydrogen) atoms. The van der Waals surface area contributed by atoms with E-state index in [-0.39, 0.29) is 19.6 Å².